The van der Waals surface area contributed by atoms with Gasteiger partial charge < -0.3 is 5.32 Å². The zero-order valence-corrected chi connectivity index (χ0v) is 12.8. The average Bonchev–Trinajstić information content (AvgIpc) is 2.81. The molecule has 0 spiro atoms. The van der Waals surface area contributed by atoms with Gasteiger partial charge in [-0.3, -0.25) is 4.68 Å². The van der Waals surface area contributed by atoms with Gasteiger partial charge in [-0.1, -0.05) is 0 Å². The van der Waals surface area contributed by atoms with Crippen molar-refractivity contribution in [1.29, 1.82) is 0 Å². The first-order valence-corrected chi connectivity index (χ1v) is 7.12. The summed E-state index contributed by atoms with van der Waals surface area (Å²) in [6.07, 6.45) is 3.67. The van der Waals surface area contributed by atoms with Gasteiger partial charge in [-0.15, -0.1) is 0 Å². The summed E-state index contributed by atoms with van der Waals surface area (Å²) in [4.78, 5) is 8.98. The zero-order valence-electron chi connectivity index (χ0n) is 12.8. The molecule has 0 atom stereocenters. The van der Waals surface area contributed by atoms with Crippen LogP contribution in [-0.2, 0) is 6.54 Å². The van der Waals surface area contributed by atoms with Crippen LogP contribution in [0.1, 0.15) is 23.7 Å². The Labute approximate surface area is 124 Å². The van der Waals surface area contributed by atoms with Crippen molar-refractivity contribution >= 4 is 22.5 Å². The van der Waals surface area contributed by atoms with Gasteiger partial charge in [0, 0.05) is 18.1 Å². The van der Waals surface area contributed by atoms with Gasteiger partial charge in [0.25, 0.3) is 0 Å². The van der Waals surface area contributed by atoms with Crippen LogP contribution in [0.2, 0.25) is 0 Å². The van der Waals surface area contributed by atoms with E-state index in [-0.39, 0.29) is 0 Å². The molecule has 5 nitrogen and oxygen atoms in total. The lowest BCUT2D eigenvalue weighted by Gasteiger charge is -2.07. The van der Waals surface area contributed by atoms with E-state index in [1.165, 1.54) is 11.1 Å². The number of fused-ring (bicyclic) bond motifs is 1. The summed E-state index contributed by atoms with van der Waals surface area (Å²) in [6.45, 7) is 9.15. The standard InChI is InChI=1S/C16H19N5/c1-5-21-12(4)15(9-18-21)20-16-17-8-13-6-10(2)11(3)7-14(13)19-16/h6-9H,5H2,1-4H3,(H,17,19,20). The summed E-state index contributed by atoms with van der Waals surface area (Å²) in [7, 11) is 0. The summed E-state index contributed by atoms with van der Waals surface area (Å²) >= 11 is 0. The highest BCUT2D eigenvalue weighted by Gasteiger charge is 2.08. The fraction of sp³-hybridized carbons (Fsp3) is 0.312. The first kappa shape index (κ1) is 13.5. The van der Waals surface area contributed by atoms with E-state index in [0.29, 0.717) is 5.95 Å². The second kappa shape index (κ2) is 5.16. The predicted molar refractivity (Wildman–Crippen MR) is 84.9 cm³/mol. The number of nitrogens with zero attached hydrogens (tertiary/aromatic N) is 4. The van der Waals surface area contributed by atoms with Crippen LogP contribution >= 0.6 is 0 Å². The number of hydrogen-bond acceptors (Lipinski definition) is 4. The fourth-order valence-corrected chi connectivity index (χ4v) is 2.37. The molecule has 108 valence electrons. The summed E-state index contributed by atoms with van der Waals surface area (Å²) in [6, 6.07) is 4.22. The SMILES string of the molecule is CCn1ncc(Nc2ncc3cc(C)c(C)cc3n2)c1C. The van der Waals surface area contributed by atoms with Crippen molar-refractivity contribution in [2.24, 2.45) is 0 Å². The molecule has 2 heterocycles. The number of aromatic nitrogens is 4. The number of nitrogens with one attached hydrogen (secondary N) is 1. The van der Waals surface area contributed by atoms with Gasteiger partial charge in [-0.05, 0) is 51.0 Å². The molecule has 0 radical (unpaired) electrons. The summed E-state index contributed by atoms with van der Waals surface area (Å²) in [5, 5.41) is 8.62. The first-order chi connectivity index (χ1) is 10.1. The van der Waals surface area contributed by atoms with Crippen LogP contribution in [0.3, 0.4) is 0 Å². The minimum Gasteiger partial charge on any atom is -0.321 e. The second-order valence-corrected chi connectivity index (χ2v) is 5.27. The molecule has 3 rings (SSSR count). The highest BCUT2D eigenvalue weighted by atomic mass is 15.3. The van der Waals surface area contributed by atoms with E-state index in [1.54, 1.807) is 0 Å². The van der Waals surface area contributed by atoms with Gasteiger partial charge in [0.2, 0.25) is 5.95 Å². The molecular formula is C16H19N5. The van der Waals surface area contributed by atoms with E-state index in [9.17, 15) is 0 Å². The third-order valence-corrected chi connectivity index (χ3v) is 3.84. The maximum absolute atomic E-state index is 4.59. The molecule has 0 aliphatic heterocycles. The number of hydrogen-bond donors (Lipinski definition) is 1. The maximum Gasteiger partial charge on any atom is 0.227 e. The lowest BCUT2D eigenvalue weighted by Crippen LogP contribution is -2.01. The molecule has 0 aliphatic carbocycles. The molecule has 5 heteroatoms. The molecule has 3 aromatic rings. The molecule has 0 bridgehead atoms. The Bertz CT molecular complexity index is 804. The number of anilines is 2. The molecule has 2 aromatic heterocycles. The molecule has 0 aliphatic rings. The number of aryl methyl sites for hydroxylation is 3. The molecule has 1 aromatic carbocycles. The van der Waals surface area contributed by atoms with E-state index in [1.807, 2.05) is 24.0 Å². The van der Waals surface area contributed by atoms with Crippen LogP contribution in [0.5, 0.6) is 0 Å². The highest BCUT2D eigenvalue weighted by Crippen LogP contribution is 2.21. The van der Waals surface area contributed by atoms with Gasteiger partial charge in [-0.2, -0.15) is 5.10 Å². The monoisotopic (exact) mass is 281 g/mol. The van der Waals surface area contributed by atoms with Crippen LogP contribution < -0.4 is 5.32 Å². The van der Waals surface area contributed by atoms with Crippen LogP contribution in [0.4, 0.5) is 11.6 Å². The van der Waals surface area contributed by atoms with Gasteiger partial charge in [0.1, 0.15) is 0 Å². The number of rotatable bonds is 3. The van der Waals surface area contributed by atoms with Crippen molar-refractivity contribution < 1.29 is 0 Å². The normalized spacial score (nSPS) is 11.0. The summed E-state index contributed by atoms with van der Waals surface area (Å²) in [5.41, 5.74) is 5.48. The smallest absolute Gasteiger partial charge is 0.227 e. The van der Waals surface area contributed by atoms with Crippen LogP contribution in [0.15, 0.2) is 24.5 Å². The minimum absolute atomic E-state index is 0.601. The van der Waals surface area contributed by atoms with Crippen molar-refractivity contribution in [2.45, 2.75) is 34.2 Å². The third-order valence-electron chi connectivity index (χ3n) is 3.84. The van der Waals surface area contributed by atoms with Crippen molar-refractivity contribution in [3.8, 4) is 0 Å². The lowest BCUT2D eigenvalue weighted by molar-refractivity contribution is 0.640. The largest absolute Gasteiger partial charge is 0.321 e. The van der Waals surface area contributed by atoms with E-state index >= 15 is 0 Å². The Kier molecular flexibility index (Phi) is 3.33. The molecule has 21 heavy (non-hydrogen) atoms. The summed E-state index contributed by atoms with van der Waals surface area (Å²) in [5.74, 6) is 0.601. The van der Waals surface area contributed by atoms with Crippen molar-refractivity contribution in [2.75, 3.05) is 5.32 Å². The molecule has 0 unspecified atom stereocenters. The Balaban J connectivity index is 1.97. The first-order valence-electron chi connectivity index (χ1n) is 7.12. The molecule has 1 N–H and O–H groups in total. The quantitative estimate of drug-likeness (QED) is 0.798. The molecular weight excluding hydrogens is 262 g/mol. The van der Waals surface area contributed by atoms with Crippen molar-refractivity contribution in [3.63, 3.8) is 0 Å². The average molecular weight is 281 g/mol. The van der Waals surface area contributed by atoms with E-state index in [4.69, 9.17) is 0 Å². The van der Waals surface area contributed by atoms with Crippen molar-refractivity contribution in [1.82, 2.24) is 19.7 Å². The van der Waals surface area contributed by atoms with Crippen LogP contribution in [-0.4, -0.2) is 19.7 Å². The Morgan fingerprint density at radius 2 is 1.86 bits per heavy atom. The predicted octanol–water partition coefficient (Wildman–Crippen LogP) is 3.52. The highest BCUT2D eigenvalue weighted by molar-refractivity contribution is 5.80. The topological polar surface area (TPSA) is 55.6 Å². The fourth-order valence-electron chi connectivity index (χ4n) is 2.37. The van der Waals surface area contributed by atoms with Crippen LogP contribution in [0, 0.1) is 20.8 Å². The van der Waals surface area contributed by atoms with Gasteiger partial charge >= 0.3 is 0 Å². The zero-order chi connectivity index (χ0) is 15.0. The van der Waals surface area contributed by atoms with E-state index in [2.05, 4.69) is 53.3 Å². The van der Waals surface area contributed by atoms with Gasteiger partial charge in [0.05, 0.1) is 23.1 Å². The second-order valence-electron chi connectivity index (χ2n) is 5.27. The van der Waals surface area contributed by atoms with E-state index in [0.717, 1.165) is 28.8 Å². The molecule has 0 amide bonds. The van der Waals surface area contributed by atoms with Crippen molar-refractivity contribution in [3.05, 3.63) is 41.3 Å². The molecule has 0 saturated carbocycles. The summed E-state index contributed by atoms with van der Waals surface area (Å²) < 4.78 is 1.94. The Morgan fingerprint density at radius 3 is 2.57 bits per heavy atom. The van der Waals surface area contributed by atoms with Crippen LogP contribution in [0.25, 0.3) is 10.9 Å². The third kappa shape index (κ3) is 2.46. The van der Waals surface area contributed by atoms with E-state index < -0.39 is 0 Å². The molecule has 0 saturated heterocycles. The Morgan fingerprint density at radius 1 is 1.10 bits per heavy atom. The minimum atomic E-state index is 0.601. The maximum atomic E-state index is 4.59. The van der Waals surface area contributed by atoms with Gasteiger partial charge in [-0.25, -0.2) is 9.97 Å². The lowest BCUT2D eigenvalue weighted by atomic mass is 10.1. The van der Waals surface area contributed by atoms with Gasteiger partial charge in [0.15, 0.2) is 0 Å². The molecule has 0 fully saturated rings. The Hall–Kier alpha value is -2.43. The number of benzene rings is 1.